The maximum absolute atomic E-state index is 8.45. The van der Waals surface area contributed by atoms with E-state index in [-0.39, 0.29) is 6.61 Å². The van der Waals surface area contributed by atoms with E-state index in [0.717, 1.165) is 19.4 Å². The summed E-state index contributed by atoms with van der Waals surface area (Å²) in [6, 6.07) is 0. The minimum atomic E-state index is 0.263. The quantitative estimate of drug-likeness (QED) is 0.559. The molecule has 0 saturated carbocycles. The summed E-state index contributed by atoms with van der Waals surface area (Å²) in [5.74, 6) is 0. The van der Waals surface area contributed by atoms with Gasteiger partial charge in [0.1, 0.15) is 0 Å². The number of hydrogen-bond donors (Lipinski definition) is 1. The summed E-state index contributed by atoms with van der Waals surface area (Å²) in [6.45, 7) is 1.24. The summed E-state index contributed by atoms with van der Waals surface area (Å²) >= 11 is 0. The van der Waals surface area contributed by atoms with Crippen LogP contribution in [0.2, 0.25) is 0 Å². The lowest BCUT2D eigenvalue weighted by Gasteiger charge is -1.91. The normalized spacial score (nSPS) is 18.9. The number of rotatable bonds is 2. The van der Waals surface area contributed by atoms with Gasteiger partial charge in [0.15, 0.2) is 0 Å². The first kappa shape index (κ1) is 5.76. The SMILES string of the molecule is OCCC1=NCCC1. The molecule has 0 saturated heterocycles. The molecule has 1 aliphatic rings. The van der Waals surface area contributed by atoms with Gasteiger partial charge in [-0.3, -0.25) is 4.99 Å². The van der Waals surface area contributed by atoms with Gasteiger partial charge in [0.25, 0.3) is 0 Å². The Morgan fingerprint density at radius 1 is 1.62 bits per heavy atom. The summed E-state index contributed by atoms with van der Waals surface area (Å²) in [5, 5.41) is 8.45. The fourth-order valence-corrected chi connectivity index (χ4v) is 0.932. The molecule has 0 fully saturated rings. The zero-order valence-corrected chi connectivity index (χ0v) is 4.93. The molecule has 0 bridgehead atoms. The fourth-order valence-electron chi connectivity index (χ4n) is 0.932. The van der Waals surface area contributed by atoms with Crippen LogP contribution in [-0.4, -0.2) is 24.0 Å². The van der Waals surface area contributed by atoms with Crippen LogP contribution in [0.5, 0.6) is 0 Å². The number of aliphatic hydroxyl groups excluding tert-OH is 1. The van der Waals surface area contributed by atoms with E-state index >= 15 is 0 Å². The molecule has 0 aromatic rings. The van der Waals surface area contributed by atoms with E-state index in [1.165, 1.54) is 12.1 Å². The average molecular weight is 113 g/mol. The van der Waals surface area contributed by atoms with Gasteiger partial charge in [0.2, 0.25) is 0 Å². The Balaban J connectivity index is 2.23. The van der Waals surface area contributed by atoms with E-state index in [9.17, 15) is 0 Å². The first-order chi connectivity index (χ1) is 3.93. The highest BCUT2D eigenvalue weighted by Crippen LogP contribution is 2.05. The van der Waals surface area contributed by atoms with E-state index in [1.54, 1.807) is 0 Å². The average Bonchev–Trinajstić information content (AvgIpc) is 2.19. The van der Waals surface area contributed by atoms with Crippen LogP contribution in [0.15, 0.2) is 4.99 Å². The molecule has 8 heavy (non-hydrogen) atoms. The van der Waals surface area contributed by atoms with Crippen molar-refractivity contribution in [2.75, 3.05) is 13.2 Å². The molecule has 0 aliphatic carbocycles. The number of hydrogen-bond acceptors (Lipinski definition) is 2. The number of aliphatic hydroxyl groups is 1. The molecule has 1 N–H and O–H groups in total. The van der Waals surface area contributed by atoms with Crippen LogP contribution in [0.4, 0.5) is 0 Å². The Kier molecular flexibility index (Phi) is 2.03. The van der Waals surface area contributed by atoms with Crippen molar-refractivity contribution in [3.05, 3.63) is 0 Å². The molecule has 46 valence electrons. The summed E-state index contributed by atoms with van der Waals surface area (Å²) in [4.78, 5) is 4.18. The third-order valence-electron chi connectivity index (χ3n) is 1.36. The second-order valence-corrected chi connectivity index (χ2v) is 2.03. The monoisotopic (exact) mass is 113 g/mol. The fraction of sp³-hybridized carbons (Fsp3) is 0.833. The van der Waals surface area contributed by atoms with Crippen molar-refractivity contribution < 1.29 is 5.11 Å². The lowest BCUT2D eigenvalue weighted by atomic mass is 10.2. The molecule has 1 rings (SSSR count). The van der Waals surface area contributed by atoms with Gasteiger partial charge in [-0.2, -0.15) is 0 Å². The highest BCUT2D eigenvalue weighted by atomic mass is 16.3. The summed E-state index contributed by atoms with van der Waals surface area (Å²) in [7, 11) is 0. The Bertz CT molecular complexity index is 98.7. The first-order valence-corrected chi connectivity index (χ1v) is 3.06. The molecular weight excluding hydrogens is 102 g/mol. The van der Waals surface area contributed by atoms with Crippen molar-refractivity contribution in [1.29, 1.82) is 0 Å². The predicted molar refractivity (Wildman–Crippen MR) is 33.2 cm³/mol. The topological polar surface area (TPSA) is 32.6 Å². The largest absolute Gasteiger partial charge is 0.396 e. The van der Waals surface area contributed by atoms with Gasteiger partial charge in [-0.15, -0.1) is 0 Å². The standard InChI is InChI=1S/C6H11NO/c8-5-3-6-2-1-4-7-6/h8H,1-5H2. The van der Waals surface area contributed by atoms with Gasteiger partial charge in [0.05, 0.1) is 0 Å². The van der Waals surface area contributed by atoms with E-state index in [2.05, 4.69) is 4.99 Å². The molecule has 0 aromatic carbocycles. The van der Waals surface area contributed by atoms with Gasteiger partial charge < -0.3 is 5.11 Å². The zero-order chi connectivity index (χ0) is 5.82. The van der Waals surface area contributed by atoms with Crippen LogP contribution in [0.25, 0.3) is 0 Å². The lowest BCUT2D eigenvalue weighted by molar-refractivity contribution is 0.306. The molecular formula is C6H11NO. The van der Waals surface area contributed by atoms with Crippen molar-refractivity contribution in [3.63, 3.8) is 0 Å². The first-order valence-electron chi connectivity index (χ1n) is 3.06. The second kappa shape index (κ2) is 2.82. The van der Waals surface area contributed by atoms with Crippen LogP contribution < -0.4 is 0 Å². The molecule has 2 heteroatoms. The van der Waals surface area contributed by atoms with Gasteiger partial charge in [-0.05, 0) is 12.8 Å². The predicted octanol–water partition coefficient (Wildman–Crippen LogP) is 0.604. The van der Waals surface area contributed by atoms with Crippen LogP contribution in [0, 0.1) is 0 Å². The van der Waals surface area contributed by atoms with Crippen LogP contribution in [-0.2, 0) is 0 Å². The van der Waals surface area contributed by atoms with Crippen molar-refractivity contribution >= 4 is 5.71 Å². The molecule has 0 amide bonds. The van der Waals surface area contributed by atoms with Gasteiger partial charge in [-0.25, -0.2) is 0 Å². The van der Waals surface area contributed by atoms with Gasteiger partial charge in [-0.1, -0.05) is 0 Å². The van der Waals surface area contributed by atoms with Crippen molar-refractivity contribution in [1.82, 2.24) is 0 Å². The molecule has 0 radical (unpaired) electrons. The minimum absolute atomic E-state index is 0.263. The third kappa shape index (κ3) is 1.30. The molecule has 1 heterocycles. The molecule has 1 aliphatic heterocycles. The van der Waals surface area contributed by atoms with Crippen molar-refractivity contribution in [2.24, 2.45) is 4.99 Å². The maximum atomic E-state index is 8.45. The Morgan fingerprint density at radius 2 is 2.50 bits per heavy atom. The Hall–Kier alpha value is -0.370. The third-order valence-corrected chi connectivity index (χ3v) is 1.36. The smallest absolute Gasteiger partial charge is 0.0483 e. The Morgan fingerprint density at radius 3 is 3.00 bits per heavy atom. The van der Waals surface area contributed by atoms with Crippen LogP contribution in [0.1, 0.15) is 19.3 Å². The van der Waals surface area contributed by atoms with E-state index in [4.69, 9.17) is 5.11 Å². The van der Waals surface area contributed by atoms with Crippen LogP contribution in [0.3, 0.4) is 0 Å². The molecule has 2 nitrogen and oxygen atoms in total. The highest BCUT2D eigenvalue weighted by molar-refractivity contribution is 5.85. The minimum Gasteiger partial charge on any atom is -0.396 e. The van der Waals surface area contributed by atoms with E-state index < -0.39 is 0 Å². The Labute approximate surface area is 49.2 Å². The summed E-state index contributed by atoms with van der Waals surface area (Å²) < 4.78 is 0. The second-order valence-electron chi connectivity index (χ2n) is 2.03. The van der Waals surface area contributed by atoms with Crippen molar-refractivity contribution in [2.45, 2.75) is 19.3 Å². The summed E-state index contributed by atoms with van der Waals surface area (Å²) in [6.07, 6.45) is 3.09. The molecule has 0 aromatic heterocycles. The zero-order valence-electron chi connectivity index (χ0n) is 4.93. The van der Waals surface area contributed by atoms with Gasteiger partial charge >= 0.3 is 0 Å². The molecule has 0 atom stereocenters. The van der Waals surface area contributed by atoms with Crippen LogP contribution >= 0.6 is 0 Å². The lowest BCUT2D eigenvalue weighted by Crippen LogP contribution is -1.95. The van der Waals surface area contributed by atoms with E-state index in [1.807, 2.05) is 0 Å². The molecule has 0 spiro atoms. The highest BCUT2D eigenvalue weighted by Gasteiger charge is 2.03. The van der Waals surface area contributed by atoms with E-state index in [0.29, 0.717) is 0 Å². The van der Waals surface area contributed by atoms with Crippen molar-refractivity contribution in [3.8, 4) is 0 Å². The van der Waals surface area contributed by atoms with Gasteiger partial charge in [0, 0.05) is 25.3 Å². The number of aliphatic imine (C=N–C) groups is 1. The number of nitrogens with zero attached hydrogens (tertiary/aromatic N) is 1. The maximum Gasteiger partial charge on any atom is 0.0483 e. The summed E-state index contributed by atoms with van der Waals surface area (Å²) in [5.41, 5.74) is 1.20. The molecule has 0 unspecified atom stereocenters.